The van der Waals surface area contributed by atoms with Crippen molar-refractivity contribution < 1.29 is 4.92 Å². The summed E-state index contributed by atoms with van der Waals surface area (Å²) in [6.07, 6.45) is 3.33. The summed E-state index contributed by atoms with van der Waals surface area (Å²) in [4.78, 5) is 17.1. The standard InChI is InChI=1S/C10H9IN4O2/c11-9-3-7(1-2-10(9)15(16)17)13-5-8-4-12-6-14-8/h1-4,6,13H,5H2,(H,12,14). The number of benzene rings is 1. The van der Waals surface area contributed by atoms with Crippen LogP contribution >= 0.6 is 22.6 Å². The van der Waals surface area contributed by atoms with Crippen LogP contribution in [0.4, 0.5) is 11.4 Å². The largest absolute Gasteiger partial charge is 0.379 e. The van der Waals surface area contributed by atoms with Crippen molar-refractivity contribution >= 4 is 34.0 Å². The molecule has 2 rings (SSSR count). The Hall–Kier alpha value is -1.64. The lowest BCUT2D eigenvalue weighted by Crippen LogP contribution is -2.00. The van der Waals surface area contributed by atoms with Gasteiger partial charge in [0.05, 0.1) is 27.1 Å². The van der Waals surface area contributed by atoms with E-state index in [2.05, 4.69) is 15.3 Å². The van der Waals surface area contributed by atoms with Crippen LogP contribution in [0.15, 0.2) is 30.7 Å². The van der Waals surface area contributed by atoms with E-state index < -0.39 is 0 Å². The Labute approximate surface area is 111 Å². The molecule has 2 aromatic rings. The first-order valence-corrected chi connectivity index (χ1v) is 5.90. The van der Waals surface area contributed by atoms with Crippen LogP contribution in [0.25, 0.3) is 0 Å². The van der Waals surface area contributed by atoms with Gasteiger partial charge >= 0.3 is 0 Å². The third-order valence-corrected chi connectivity index (χ3v) is 3.05. The van der Waals surface area contributed by atoms with Gasteiger partial charge in [-0.25, -0.2) is 4.98 Å². The van der Waals surface area contributed by atoms with Gasteiger partial charge < -0.3 is 10.3 Å². The molecule has 17 heavy (non-hydrogen) atoms. The second kappa shape index (κ2) is 5.13. The molecule has 0 aliphatic heterocycles. The number of hydrogen-bond acceptors (Lipinski definition) is 4. The minimum atomic E-state index is -0.388. The van der Waals surface area contributed by atoms with E-state index >= 15 is 0 Å². The number of halogens is 1. The van der Waals surface area contributed by atoms with Gasteiger partial charge in [-0.3, -0.25) is 10.1 Å². The van der Waals surface area contributed by atoms with Crippen molar-refractivity contribution in [3.8, 4) is 0 Å². The molecule has 0 saturated carbocycles. The zero-order valence-electron chi connectivity index (χ0n) is 8.68. The van der Waals surface area contributed by atoms with Crippen LogP contribution in [0.3, 0.4) is 0 Å². The molecule has 0 unspecified atom stereocenters. The highest BCUT2D eigenvalue weighted by Gasteiger charge is 2.11. The maximum absolute atomic E-state index is 10.6. The highest BCUT2D eigenvalue weighted by atomic mass is 127. The Balaban J connectivity index is 2.07. The highest BCUT2D eigenvalue weighted by Crippen LogP contribution is 2.24. The third kappa shape index (κ3) is 2.93. The summed E-state index contributed by atoms with van der Waals surface area (Å²) in [7, 11) is 0. The van der Waals surface area contributed by atoms with Crippen molar-refractivity contribution in [1.29, 1.82) is 0 Å². The van der Waals surface area contributed by atoms with Gasteiger partial charge in [0, 0.05) is 18.0 Å². The number of rotatable bonds is 4. The molecule has 0 radical (unpaired) electrons. The molecule has 0 saturated heterocycles. The molecule has 88 valence electrons. The number of imidazole rings is 1. The first-order chi connectivity index (χ1) is 8.16. The third-order valence-electron chi connectivity index (χ3n) is 2.18. The van der Waals surface area contributed by atoms with Gasteiger partial charge in [0.1, 0.15) is 0 Å². The number of aromatic nitrogens is 2. The molecule has 0 bridgehead atoms. The van der Waals surface area contributed by atoms with Crippen LogP contribution in [0.1, 0.15) is 5.69 Å². The maximum Gasteiger partial charge on any atom is 0.282 e. The SMILES string of the molecule is O=[N+]([O-])c1ccc(NCc2cnc[nH]2)cc1I. The van der Waals surface area contributed by atoms with Crippen LogP contribution in [0.2, 0.25) is 0 Å². The number of nitro benzene ring substituents is 1. The van der Waals surface area contributed by atoms with Crippen molar-refractivity contribution in [3.05, 3.63) is 50.1 Å². The average molecular weight is 344 g/mol. The summed E-state index contributed by atoms with van der Waals surface area (Å²) in [6.45, 7) is 0.605. The van der Waals surface area contributed by atoms with E-state index in [4.69, 9.17) is 0 Å². The molecule has 0 atom stereocenters. The fourth-order valence-corrected chi connectivity index (χ4v) is 2.06. The van der Waals surface area contributed by atoms with E-state index in [1.54, 1.807) is 24.7 Å². The molecule has 0 amide bonds. The van der Waals surface area contributed by atoms with Gasteiger partial charge in [-0.2, -0.15) is 0 Å². The van der Waals surface area contributed by atoms with E-state index in [9.17, 15) is 10.1 Å². The molecule has 0 aliphatic carbocycles. The number of aromatic amines is 1. The zero-order chi connectivity index (χ0) is 12.3. The van der Waals surface area contributed by atoms with E-state index in [1.165, 1.54) is 6.07 Å². The smallest absolute Gasteiger partial charge is 0.282 e. The summed E-state index contributed by atoms with van der Waals surface area (Å²) in [5, 5.41) is 13.8. The molecule has 0 fully saturated rings. The van der Waals surface area contributed by atoms with E-state index in [0.29, 0.717) is 10.1 Å². The fourth-order valence-electron chi connectivity index (χ4n) is 1.34. The minimum Gasteiger partial charge on any atom is -0.379 e. The molecular formula is C10H9IN4O2. The number of hydrogen-bond donors (Lipinski definition) is 2. The number of H-pyrrole nitrogens is 1. The van der Waals surface area contributed by atoms with E-state index in [0.717, 1.165) is 11.4 Å². The van der Waals surface area contributed by atoms with Crippen molar-refractivity contribution in [2.75, 3.05) is 5.32 Å². The van der Waals surface area contributed by atoms with E-state index in [-0.39, 0.29) is 10.6 Å². The van der Waals surface area contributed by atoms with Crippen LogP contribution in [0.5, 0.6) is 0 Å². The lowest BCUT2D eigenvalue weighted by Gasteiger charge is -2.05. The predicted molar refractivity (Wildman–Crippen MR) is 71.7 cm³/mol. The maximum atomic E-state index is 10.6. The van der Waals surface area contributed by atoms with Crippen LogP contribution in [0, 0.1) is 13.7 Å². The van der Waals surface area contributed by atoms with Crippen molar-refractivity contribution in [1.82, 2.24) is 9.97 Å². The molecule has 6 nitrogen and oxygen atoms in total. The minimum absolute atomic E-state index is 0.123. The first-order valence-electron chi connectivity index (χ1n) is 4.82. The van der Waals surface area contributed by atoms with Gasteiger partial charge in [-0.05, 0) is 34.7 Å². The average Bonchev–Trinajstić information content (AvgIpc) is 2.78. The Morgan fingerprint density at radius 2 is 2.35 bits per heavy atom. The summed E-state index contributed by atoms with van der Waals surface area (Å²) in [5.74, 6) is 0. The fraction of sp³-hybridized carbons (Fsp3) is 0.100. The number of nitrogens with zero attached hydrogens (tertiary/aromatic N) is 2. The van der Waals surface area contributed by atoms with Crippen LogP contribution < -0.4 is 5.32 Å². The molecule has 1 aromatic heterocycles. The normalized spacial score (nSPS) is 10.2. The molecule has 2 N–H and O–H groups in total. The van der Waals surface area contributed by atoms with Crippen molar-refractivity contribution in [2.24, 2.45) is 0 Å². The van der Waals surface area contributed by atoms with E-state index in [1.807, 2.05) is 22.6 Å². The van der Waals surface area contributed by atoms with Gasteiger partial charge in [-0.1, -0.05) is 0 Å². The summed E-state index contributed by atoms with van der Waals surface area (Å²) < 4.78 is 0.613. The second-order valence-corrected chi connectivity index (χ2v) is 4.52. The number of nitrogens with one attached hydrogen (secondary N) is 2. The molecule has 0 aliphatic rings. The predicted octanol–water partition coefficient (Wildman–Crippen LogP) is 2.53. The lowest BCUT2D eigenvalue weighted by atomic mass is 10.3. The molecule has 7 heteroatoms. The van der Waals surface area contributed by atoms with Gasteiger partial charge in [0.2, 0.25) is 0 Å². The Morgan fingerprint density at radius 3 is 2.94 bits per heavy atom. The monoisotopic (exact) mass is 344 g/mol. The number of anilines is 1. The summed E-state index contributed by atoms with van der Waals surface area (Å²) in [6, 6.07) is 4.93. The first kappa shape index (κ1) is 11.8. The Bertz CT molecular complexity index is 527. The van der Waals surface area contributed by atoms with Gasteiger partial charge in [-0.15, -0.1) is 0 Å². The Morgan fingerprint density at radius 1 is 1.53 bits per heavy atom. The van der Waals surface area contributed by atoms with Crippen LogP contribution in [-0.2, 0) is 6.54 Å². The Kier molecular flexibility index (Phi) is 3.57. The molecule has 1 heterocycles. The van der Waals surface area contributed by atoms with Crippen molar-refractivity contribution in [2.45, 2.75) is 6.54 Å². The van der Waals surface area contributed by atoms with Gasteiger partial charge in [0.15, 0.2) is 0 Å². The quantitative estimate of drug-likeness (QED) is 0.507. The second-order valence-electron chi connectivity index (χ2n) is 3.35. The topological polar surface area (TPSA) is 83.8 Å². The molecule has 1 aromatic carbocycles. The van der Waals surface area contributed by atoms with Crippen LogP contribution in [-0.4, -0.2) is 14.9 Å². The molecule has 0 spiro atoms. The summed E-state index contributed by atoms with van der Waals surface area (Å²) in [5.41, 5.74) is 1.92. The number of nitro groups is 1. The lowest BCUT2D eigenvalue weighted by molar-refractivity contribution is -0.385. The molecular weight excluding hydrogens is 335 g/mol. The zero-order valence-corrected chi connectivity index (χ0v) is 10.8. The van der Waals surface area contributed by atoms with Crippen molar-refractivity contribution in [3.63, 3.8) is 0 Å². The summed E-state index contributed by atoms with van der Waals surface area (Å²) >= 11 is 1.95. The van der Waals surface area contributed by atoms with Gasteiger partial charge in [0.25, 0.3) is 5.69 Å². The highest BCUT2D eigenvalue weighted by molar-refractivity contribution is 14.1.